The zero-order chi connectivity index (χ0) is 19.9. The first-order chi connectivity index (χ1) is 12.5. The van der Waals surface area contributed by atoms with Crippen LogP contribution in [-0.4, -0.2) is 64.8 Å². The highest BCUT2D eigenvalue weighted by molar-refractivity contribution is 7.92. The summed E-state index contributed by atoms with van der Waals surface area (Å²) in [5.74, 6) is -0.519. The molecule has 2 aliphatic rings. The molecule has 3 rings (SSSR count). The zero-order valence-electron chi connectivity index (χ0n) is 15.0. The van der Waals surface area contributed by atoms with Gasteiger partial charge < -0.3 is 0 Å². The molecule has 152 valence electrons. The van der Waals surface area contributed by atoms with E-state index in [1.165, 1.54) is 12.1 Å². The minimum Gasteiger partial charge on any atom is -0.237 e. The lowest BCUT2D eigenvalue weighted by molar-refractivity contribution is 0.229. The van der Waals surface area contributed by atoms with Gasteiger partial charge in [-0.2, -0.15) is 0 Å². The largest absolute Gasteiger partial charge is 0.256 e. The van der Waals surface area contributed by atoms with E-state index in [2.05, 4.69) is 5.43 Å². The predicted octanol–water partition coefficient (Wildman–Crippen LogP) is 0.119. The van der Waals surface area contributed by atoms with Crippen molar-refractivity contribution in [1.29, 1.82) is 0 Å². The first kappa shape index (κ1) is 20.7. The third-order valence-electron chi connectivity index (χ3n) is 4.97. The second kappa shape index (κ2) is 7.43. The van der Waals surface area contributed by atoms with E-state index in [9.17, 15) is 25.3 Å². The molecule has 2 fully saturated rings. The Labute approximate surface area is 160 Å². The van der Waals surface area contributed by atoms with Gasteiger partial charge in [0.05, 0.1) is 33.9 Å². The predicted molar refractivity (Wildman–Crippen MR) is 102 cm³/mol. The van der Waals surface area contributed by atoms with Gasteiger partial charge in [0.1, 0.15) is 0 Å². The SMILES string of the molecule is CCc1ccc(S(=O)(=O)N(N[C@H]2CCS(=O)(=O)C2)[C@H]2CCS(=O)(=O)C2)cc1. The minimum atomic E-state index is -4.02. The smallest absolute Gasteiger partial charge is 0.237 e. The molecule has 0 aromatic heterocycles. The zero-order valence-corrected chi connectivity index (χ0v) is 17.5. The van der Waals surface area contributed by atoms with Crippen LogP contribution >= 0.6 is 0 Å². The molecular weight excluding hydrogens is 412 g/mol. The first-order valence-electron chi connectivity index (χ1n) is 8.83. The lowest BCUT2D eigenvalue weighted by Gasteiger charge is -2.30. The number of benzene rings is 1. The van der Waals surface area contributed by atoms with Gasteiger partial charge in [-0.25, -0.2) is 30.7 Å². The van der Waals surface area contributed by atoms with Crippen molar-refractivity contribution < 1.29 is 25.3 Å². The third-order valence-corrected chi connectivity index (χ3v) is 10.3. The van der Waals surface area contributed by atoms with E-state index >= 15 is 0 Å². The Hall–Kier alpha value is -1.01. The minimum absolute atomic E-state index is 0.00723. The summed E-state index contributed by atoms with van der Waals surface area (Å²) in [6.07, 6.45) is 1.24. The number of nitrogens with one attached hydrogen (secondary N) is 1. The molecule has 8 nitrogen and oxygen atoms in total. The summed E-state index contributed by atoms with van der Waals surface area (Å²) in [4.78, 5) is 0.0531. The molecular formula is C16H24N2O6S3. The van der Waals surface area contributed by atoms with Gasteiger partial charge in [0.15, 0.2) is 19.7 Å². The van der Waals surface area contributed by atoms with E-state index in [-0.39, 0.29) is 34.3 Å². The third kappa shape index (κ3) is 4.70. The van der Waals surface area contributed by atoms with E-state index in [0.29, 0.717) is 6.42 Å². The molecule has 27 heavy (non-hydrogen) atoms. The summed E-state index contributed by atoms with van der Waals surface area (Å²) in [7, 11) is -10.5. The van der Waals surface area contributed by atoms with Gasteiger partial charge in [-0.3, -0.25) is 0 Å². The van der Waals surface area contributed by atoms with Crippen molar-refractivity contribution in [2.75, 3.05) is 23.0 Å². The van der Waals surface area contributed by atoms with E-state index in [4.69, 9.17) is 0 Å². The van der Waals surface area contributed by atoms with Gasteiger partial charge in [0.25, 0.3) is 10.0 Å². The van der Waals surface area contributed by atoms with E-state index in [0.717, 1.165) is 16.4 Å². The summed E-state index contributed by atoms with van der Waals surface area (Å²) in [5, 5.41) is 0. The number of sulfonamides is 1. The molecule has 0 radical (unpaired) electrons. The van der Waals surface area contributed by atoms with Crippen molar-refractivity contribution in [3.63, 3.8) is 0 Å². The van der Waals surface area contributed by atoms with Gasteiger partial charge in [0.2, 0.25) is 0 Å². The molecule has 1 aromatic rings. The van der Waals surface area contributed by atoms with Crippen molar-refractivity contribution >= 4 is 29.7 Å². The molecule has 0 unspecified atom stereocenters. The Balaban J connectivity index is 1.92. The van der Waals surface area contributed by atoms with E-state index < -0.39 is 41.8 Å². The molecule has 0 amide bonds. The number of hydrazine groups is 1. The Kier molecular flexibility index (Phi) is 5.70. The van der Waals surface area contributed by atoms with Crippen LogP contribution < -0.4 is 5.43 Å². The molecule has 0 saturated carbocycles. The lowest BCUT2D eigenvalue weighted by Crippen LogP contribution is -2.54. The average Bonchev–Trinajstić information content (AvgIpc) is 3.13. The molecule has 0 aliphatic carbocycles. The maximum absolute atomic E-state index is 13.2. The highest BCUT2D eigenvalue weighted by Gasteiger charge is 2.41. The van der Waals surface area contributed by atoms with Crippen LogP contribution in [0.5, 0.6) is 0 Å². The fourth-order valence-electron chi connectivity index (χ4n) is 3.42. The van der Waals surface area contributed by atoms with Crippen molar-refractivity contribution in [1.82, 2.24) is 9.84 Å². The quantitative estimate of drug-likeness (QED) is 0.629. The van der Waals surface area contributed by atoms with Crippen LogP contribution in [0.4, 0.5) is 0 Å². The number of aryl methyl sites for hydroxylation is 1. The van der Waals surface area contributed by atoms with E-state index in [1.54, 1.807) is 12.1 Å². The molecule has 1 N–H and O–H groups in total. The number of sulfone groups is 2. The van der Waals surface area contributed by atoms with Crippen LogP contribution in [0, 0.1) is 0 Å². The molecule has 2 heterocycles. The maximum atomic E-state index is 13.2. The summed E-state index contributed by atoms with van der Waals surface area (Å²) in [5.41, 5.74) is 3.81. The number of nitrogens with zero attached hydrogens (tertiary/aromatic N) is 1. The van der Waals surface area contributed by atoms with Crippen LogP contribution in [-0.2, 0) is 36.1 Å². The standard InChI is InChI=1S/C16H24N2O6S3/c1-2-13-3-5-16(6-4-13)27(23,24)18(15-8-10-26(21,22)12-15)17-14-7-9-25(19,20)11-14/h3-6,14-15,17H,2,7-12H2,1H3/t14-,15-/m0/s1. The van der Waals surface area contributed by atoms with Gasteiger partial charge in [0, 0.05) is 6.04 Å². The maximum Gasteiger partial charge on any atom is 0.256 e. The molecule has 2 saturated heterocycles. The van der Waals surface area contributed by atoms with Crippen molar-refractivity contribution in [2.45, 2.75) is 43.2 Å². The van der Waals surface area contributed by atoms with Crippen LogP contribution in [0.15, 0.2) is 29.2 Å². The average molecular weight is 437 g/mol. The van der Waals surface area contributed by atoms with Crippen molar-refractivity contribution in [3.05, 3.63) is 29.8 Å². The fourth-order valence-corrected chi connectivity index (χ4v) is 8.45. The monoisotopic (exact) mass is 436 g/mol. The van der Waals surface area contributed by atoms with Crippen LogP contribution in [0.25, 0.3) is 0 Å². The van der Waals surface area contributed by atoms with Crippen molar-refractivity contribution in [2.24, 2.45) is 0 Å². The van der Waals surface area contributed by atoms with Gasteiger partial charge in [-0.1, -0.05) is 19.1 Å². The lowest BCUT2D eigenvalue weighted by atomic mass is 10.2. The van der Waals surface area contributed by atoms with E-state index in [1.807, 2.05) is 6.92 Å². The van der Waals surface area contributed by atoms with Gasteiger partial charge in [-0.15, -0.1) is 4.41 Å². The summed E-state index contributed by atoms with van der Waals surface area (Å²) >= 11 is 0. The van der Waals surface area contributed by atoms with Crippen LogP contribution in [0.1, 0.15) is 25.3 Å². The Morgan fingerprint density at radius 1 is 1.00 bits per heavy atom. The number of rotatable bonds is 6. The second-order valence-electron chi connectivity index (χ2n) is 7.08. The normalized spacial score (nSPS) is 27.2. The molecule has 2 aliphatic heterocycles. The molecule has 11 heteroatoms. The Morgan fingerprint density at radius 3 is 2.07 bits per heavy atom. The van der Waals surface area contributed by atoms with Crippen molar-refractivity contribution in [3.8, 4) is 0 Å². The highest BCUT2D eigenvalue weighted by atomic mass is 32.2. The molecule has 0 spiro atoms. The first-order valence-corrected chi connectivity index (χ1v) is 13.9. The van der Waals surface area contributed by atoms with Gasteiger partial charge >= 0.3 is 0 Å². The Bertz CT molecular complexity index is 1000. The summed E-state index contributed by atoms with van der Waals surface area (Å²) in [6, 6.07) is 5.12. The van der Waals surface area contributed by atoms with Crippen LogP contribution in [0.3, 0.4) is 0 Å². The highest BCUT2D eigenvalue weighted by Crippen LogP contribution is 2.25. The number of hydrogen-bond acceptors (Lipinski definition) is 7. The number of hydrogen-bond donors (Lipinski definition) is 1. The van der Waals surface area contributed by atoms with Crippen LogP contribution in [0.2, 0.25) is 0 Å². The van der Waals surface area contributed by atoms with Gasteiger partial charge in [-0.05, 0) is 37.0 Å². The molecule has 1 aromatic carbocycles. The molecule has 2 atom stereocenters. The topological polar surface area (TPSA) is 118 Å². The summed E-state index contributed by atoms with van der Waals surface area (Å²) in [6.45, 7) is 1.96. The fraction of sp³-hybridized carbons (Fsp3) is 0.625. The second-order valence-corrected chi connectivity index (χ2v) is 13.4. The Morgan fingerprint density at radius 2 is 1.59 bits per heavy atom. The molecule has 0 bridgehead atoms. The summed E-state index contributed by atoms with van der Waals surface area (Å²) < 4.78 is 74.6.